The van der Waals surface area contributed by atoms with Gasteiger partial charge in [0.25, 0.3) is 11.5 Å². The zero-order valence-electron chi connectivity index (χ0n) is 25.4. The molecule has 1 aliphatic carbocycles. The highest BCUT2D eigenvalue weighted by atomic mass is 16.5. The summed E-state index contributed by atoms with van der Waals surface area (Å²) in [6.45, 7) is 4.97. The molecular weight excluding hydrogens is 554 g/mol. The van der Waals surface area contributed by atoms with E-state index in [-0.39, 0.29) is 18.0 Å². The number of benzene rings is 3. The number of rotatable bonds is 10. The molecule has 1 aliphatic heterocycles. The first-order valence-electron chi connectivity index (χ1n) is 15.4. The Bertz CT molecular complexity index is 1680. The van der Waals surface area contributed by atoms with Gasteiger partial charge in [-0.25, -0.2) is 0 Å². The number of aromatic amines is 1. The van der Waals surface area contributed by atoms with E-state index >= 15 is 0 Å². The first kappa shape index (κ1) is 29.5. The Morgan fingerprint density at radius 3 is 2.52 bits per heavy atom. The van der Waals surface area contributed by atoms with Crippen LogP contribution in [0.2, 0.25) is 0 Å². The molecule has 8 heteroatoms. The SMILES string of the molecule is COCCOc1ccc(-c2cc(C(=O)NCc3c4c(c(C)[nH]c3=O)CCCC4)c3c(c2)N(Cc2ccccc2)CCO3)cc1. The van der Waals surface area contributed by atoms with Gasteiger partial charge in [-0.2, -0.15) is 0 Å². The van der Waals surface area contributed by atoms with Crippen molar-refractivity contribution in [3.8, 4) is 22.6 Å². The van der Waals surface area contributed by atoms with Crippen molar-refractivity contribution >= 4 is 11.6 Å². The summed E-state index contributed by atoms with van der Waals surface area (Å²) in [5, 5.41) is 3.07. The van der Waals surface area contributed by atoms with E-state index in [9.17, 15) is 9.59 Å². The van der Waals surface area contributed by atoms with Crippen LogP contribution in [0.4, 0.5) is 5.69 Å². The van der Waals surface area contributed by atoms with Gasteiger partial charge in [0.15, 0.2) is 5.75 Å². The molecule has 2 aliphatic rings. The van der Waals surface area contributed by atoms with Crippen molar-refractivity contribution in [3.05, 3.63) is 111 Å². The van der Waals surface area contributed by atoms with E-state index in [1.165, 1.54) is 11.1 Å². The molecule has 4 aromatic rings. The van der Waals surface area contributed by atoms with Gasteiger partial charge in [-0.3, -0.25) is 9.59 Å². The molecule has 0 unspecified atom stereocenters. The molecule has 3 aromatic carbocycles. The minimum atomic E-state index is -0.270. The van der Waals surface area contributed by atoms with Gasteiger partial charge in [-0.05, 0) is 84.7 Å². The number of anilines is 1. The minimum absolute atomic E-state index is 0.127. The maximum absolute atomic E-state index is 13.9. The lowest BCUT2D eigenvalue weighted by atomic mass is 9.88. The summed E-state index contributed by atoms with van der Waals surface area (Å²) in [6, 6.07) is 22.1. The molecule has 1 aromatic heterocycles. The maximum Gasteiger partial charge on any atom is 0.255 e. The van der Waals surface area contributed by atoms with Gasteiger partial charge in [0, 0.05) is 31.5 Å². The number of aromatic nitrogens is 1. The van der Waals surface area contributed by atoms with E-state index in [0.29, 0.717) is 49.8 Å². The van der Waals surface area contributed by atoms with E-state index in [2.05, 4.69) is 33.4 Å². The minimum Gasteiger partial charge on any atom is -0.491 e. The number of carbonyl (C=O) groups is 1. The van der Waals surface area contributed by atoms with Crippen LogP contribution in [-0.2, 0) is 30.7 Å². The maximum atomic E-state index is 13.9. The lowest BCUT2D eigenvalue weighted by Crippen LogP contribution is -2.34. The largest absolute Gasteiger partial charge is 0.491 e. The lowest BCUT2D eigenvalue weighted by Gasteiger charge is -2.33. The van der Waals surface area contributed by atoms with Gasteiger partial charge in [0.1, 0.15) is 19.0 Å². The Hall–Kier alpha value is -4.56. The number of pyridine rings is 1. The van der Waals surface area contributed by atoms with Gasteiger partial charge in [0.05, 0.1) is 24.4 Å². The predicted octanol–water partition coefficient (Wildman–Crippen LogP) is 5.58. The van der Waals surface area contributed by atoms with E-state index in [1.807, 2.05) is 55.5 Å². The molecule has 44 heavy (non-hydrogen) atoms. The highest BCUT2D eigenvalue weighted by molar-refractivity contribution is 6.01. The molecule has 0 saturated carbocycles. The van der Waals surface area contributed by atoms with Gasteiger partial charge in [0.2, 0.25) is 0 Å². The molecule has 0 atom stereocenters. The first-order chi connectivity index (χ1) is 21.5. The van der Waals surface area contributed by atoms with Gasteiger partial charge >= 0.3 is 0 Å². The zero-order chi connectivity index (χ0) is 30.5. The molecule has 6 rings (SSSR count). The molecule has 8 nitrogen and oxygen atoms in total. The fourth-order valence-electron chi connectivity index (χ4n) is 6.23. The highest BCUT2D eigenvalue weighted by Crippen LogP contribution is 2.40. The Balaban J connectivity index is 1.34. The number of H-pyrrole nitrogens is 1. The number of fused-ring (bicyclic) bond motifs is 2. The fourth-order valence-corrected chi connectivity index (χ4v) is 6.23. The summed E-state index contributed by atoms with van der Waals surface area (Å²) in [5.41, 5.74) is 8.11. The quantitative estimate of drug-likeness (QED) is 0.233. The Morgan fingerprint density at radius 1 is 0.977 bits per heavy atom. The topological polar surface area (TPSA) is 92.9 Å². The second-order valence-corrected chi connectivity index (χ2v) is 11.4. The van der Waals surface area contributed by atoms with E-state index in [4.69, 9.17) is 14.2 Å². The lowest BCUT2D eigenvalue weighted by molar-refractivity contribution is 0.0946. The fraction of sp³-hybridized carbons (Fsp3) is 0.333. The summed E-state index contributed by atoms with van der Waals surface area (Å²) >= 11 is 0. The van der Waals surface area contributed by atoms with Crippen LogP contribution in [0.15, 0.2) is 71.5 Å². The third-order valence-corrected chi connectivity index (χ3v) is 8.51. The van der Waals surface area contributed by atoms with Crippen molar-refractivity contribution in [2.75, 3.05) is 38.4 Å². The molecule has 0 spiro atoms. The predicted molar refractivity (Wildman–Crippen MR) is 172 cm³/mol. The van der Waals surface area contributed by atoms with Gasteiger partial charge in [-0.15, -0.1) is 0 Å². The summed E-state index contributed by atoms with van der Waals surface area (Å²) in [4.78, 5) is 32.2. The van der Waals surface area contributed by atoms with Crippen LogP contribution >= 0.6 is 0 Å². The number of nitrogens with zero attached hydrogens (tertiary/aromatic N) is 1. The monoisotopic (exact) mass is 593 g/mol. The number of amides is 1. The van der Waals surface area contributed by atoms with Gasteiger partial charge in [-0.1, -0.05) is 42.5 Å². The van der Waals surface area contributed by atoms with Crippen LogP contribution in [0.25, 0.3) is 11.1 Å². The van der Waals surface area contributed by atoms with Crippen molar-refractivity contribution in [1.29, 1.82) is 0 Å². The average Bonchev–Trinajstić information content (AvgIpc) is 3.05. The standard InChI is InChI=1S/C36H39N3O5/c1-24-29-10-6-7-11-30(29)32(36(41)38-24)22-37-35(40)31-20-27(26-12-14-28(15-13-26)43-19-18-42-2)21-33-34(31)44-17-16-39(33)23-25-8-4-3-5-9-25/h3-5,8-9,12-15,20-21H,6-7,10-11,16-19,22-23H2,1-2H3,(H,37,40)(H,38,41). The second-order valence-electron chi connectivity index (χ2n) is 11.4. The summed E-state index contributed by atoms with van der Waals surface area (Å²) in [5.74, 6) is 1.05. The molecule has 0 bridgehead atoms. The third-order valence-electron chi connectivity index (χ3n) is 8.51. The van der Waals surface area contributed by atoms with Gasteiger partial charge < -0.3 is 29.4 Å². The Kier molecular flexibility index (Phi) is 8.98. The summed E-state index contributed by atoms with van der Waals surface area (Å²) in [6.07, 6.45) is 3.98. The van der Waals surface area contributed by atoms with Crippen molar-refractivity contribution in [2.45, 2.75) is 45.7 Å². The molecule has 0 fully saturated rings. The molecule has 0 radical (unpaired) electrons. The zero-order valence-corrected chi connectivity index (χ0v) is 25.4. The first-order valence-corrected chi connectivity index (χ1v) is 15.4. The van der Waals surface area contributed by atoms with E-state index in [1.54, 1.807) is 7.11 Å². The van der Waals surface area contributed by atoms with Crippen molar-refractivity contribution in [1.82, 2.24) is 10.3 Å². The number of ether oxygens (including phenoxy) is 3. The van der Waals surface area contributed by atoms with Crippen LogP contribution in [0, 0.1) is 6.92 Å². The van der Waals surface area contributed by atoms with Crippen LogP contribution in [0.3, 0.4) is 0 Å². The molecule has 2 heterocycles. The van der Waals surface area contributed by atoms with Crippen LogP contribution < -0.4 is 25.2 Å². The molecule has 2 N–H and O–H groups in total. The summed E-state index contributed by atoms with van der Waals surface area (Å²) < 4.78 is 17.0. The normalized spacial score (nSPS) is 13.9. The molecule has 228 valence electrons. The summed E-state index contributed by atoms with van der Waals surface area (Å²) in [7, 11) is 1.65. The van der Waals surface area contributed by atoms with Crippen LogP contribution in [0.5, 0.6) is 11.5 Å². The van der Waals surface area contributed by atoms with Crippen LogP contribution in [-0.4, -0.2) is 44.4 Å². The smallest absolute Gasteiger partial charge is 0.255 e. The highest BCUT2D eigenvalue weighted by Gasteiger charge is 2.27. The number of hydrogen-bond acceptors (Lipinski definition) is 6. The molecular formula is C36H39N3O5. The number of nitrogens with one attached hydrogen (secondary N) is 2. The number of hydrogen-bond donors (Lipinski definition) is 2. The average molecular weight is 594 g/mol. The van der Waals surface area contributed by atoms with Crippen LogP contribution in [0.1, 0.15) is 51.1 Å². The van der Waals surface area contributed by atoms with Crippen molar-refractivity contribution in [2.24, 2.45) is 0 Å². The van der Waals surface area contributed by atoms with Crippen molar-refractivity contribution < 1.29 is 19.0 Å². The Labute approximate surface area is 258 Å². The number of carbonyl (C=O) groups excluding carboxylic acids is 1. The molecule has 1 amide bonds. The second kappa shape index (κ2) is 13.4. The number of aryl methyl sites for hydroxylation is 1. The van der Waals surface area contributed by atoms with E-state index in [0.717, 1.165) is 59.5 Å². The number of methoxy groups -OCH3 is 1. The van der Waals surface area contributed by atoms with Crippen molar-refractivity contribution in [3.63, 3.8) is 0 Å². The third kappa shape index (κ3) is 6.36. The Morgan fingerprint density at radius 2 is 1.75 bits per heavy atom. The van der Waals surface area contributed by atoms with E-state index < -0.39 is 0 Å². The molecule has 0 saturated heterocycles.